The van der Waals surface area contributed by atoms with E-state index in [0.29, 0.717) is 18.9 Å². The summed E-state index contributed by atoms with van der Waals surface area (Å²) in [5.41, 5.74) is 1.82. The summed E-state index contributed by atoms with van der Waals surface area (Å²) < 4.78 is 13.0. The molecule has 0 bridgehead atoms. The summed E-state index contributed by atoms with van der Waals surface area (Å²) in [4.78, 5) is 10.8. The predicted octanol–water partition coefficient (Wildman–Crippen LogP) is 3.19. The number of nitrogens with one attached hydrogen (secondary N) is 1. The first-order valence-corrected chi connectivity index (χ1v) is 6.32. The number of carboxylic acid groups (broad SMARTS) is 1. The van der Waals surface area contributed by atoms with Gasteiger partial charge < -0.3 is 10.4 Å². The van der Waals surface area contributed by atoms with Gasteiger partial charge >= 0.3 is 5.97 Å². The smallest absolute Gasteiger partial charge is 0.306 e. The van der Waals surface area contributed by atoms with Crippen LogP contribution in [0.1, 0.15) is 31.2 Å². The summed E-state index contributed by atoms with van der Waals surface area (Å²) >= 11 is 0. The molecule has 4 heteroatoms. The molecule has 0 aliphatic heterocycles. The highest BCUT2D eigenvalue weighted by Gasteiger charge is 2.25. The highest BCUT2D eigenvalue weighted by molar-refractivity contribution is 5.70. The lowest BCUT2D eigenvalue weighted by Gasteiger charge is -2.28. The van der Waals surface area contributed by atoms with Crippen LogP contribution in [0.2, 0.25) is 0 Å². The van der Waals surface area contributed by atoms with Crippen LogP contribution < -0.4 is 5.32 Å². The summed E-state index contributed by atoms with van der Waals surface area (Å²) in [5.74, 6) is -1.11. The fourth-order valence-corrected chi connectivity index (χ4v) is 2.49. The van der Waals surface area contributed by atoms with Crippen molar-refractivity contribution in [3.8, 4) is 0 Å². The molecule has 0 spiro atoms. The third kappa shape index (κ3) is 3.00. The Balaban J connectivity index is 1.93. The van der Waals surface area contributed by atoms with Gasteiger partial charge in [0.1, 0.15) is 5.82 Å². The van der Waals surface area contributed by atoms with Gasteiger partial charge in [0.05, 0.1) is 5.92 Å². The van der Waals surface area contributed by atoms with Crippen molar-refractivity contribution in [3.63, 3.8) is 0 Å². The Kier molecular flexibility index (Phi) is 3.84. The van der Waals surface area contributed by atoms with Gasteiger partial charge in [-0.05, 0) is 56.4 Å². The van der Waals surface area contributed by atoms with Crippen molar-refractivity contribution in [2.75, 3.05) is 5.32 Å². The number of carbonyl (C=O) groups is 1. The molecule has 98 valence electrons. The quantitative estimate of drug-likeness (QED) is 0.867. The molecule has 18 heavy (non-hydrogen) atoms. The zero-order chi connectivity index (χ0) is 13.1. The molecular formula is C14H18FNO2. The minimum Gasteiger partial charge on any atom is -0.481 e. The van der Waals surface area contributed by atoms with Crippen molar-refractivity contribution < 1.29 is 14.3 Å². The fraction of sp³-hybridized carbons (Fsp3) is 0.500. The number of aliphatic carboxylic acids is 1. The van der Waals surface area contributed by atoms with E-state index < -0.39 is 5.97 Å². The van der Waals surface area contributed by atoms with E-state index in [-0.39, 0.29) is 11.7 Å². The Morgan fingerprint density at radius 3 is 2.56 bits per heavy atom. The zero-order valence-electron chi connectivity index (χ0n) is 10.4. The molecule has 1 aromatic rings. The summed E-state index contributed by atoms with van der Waals surface area (Å²) in [6.45, 7) is 1.87. The van der Waals surface area contributed by atoms with E-state index in [1.165, 1.54) is 12.1 Å². The van der Waals surface area contributed by atoms with Gasteiger partial charge in [0, 0.05) is 11.7 Å². The predicted molar refractivity (Wildman–Crippen MR) is 68.1 cm³/mol. The topological polar surface area (TPSA) is 49.3 Å². The minimum absolute atomic E-state index is 0.197. The van der Waals surface area contributed by atoms with Crippen molar-refractivity contribution in [2.45, 2.75) is 38.6 Å². The first kappa shape index (κ1) is 12.9. The number of halogens is 1. The second-order valence-corrected chi connectivity index (χ2v) is 4.99. The lowest BCUT2D eigenvalue weighted by atomic mass is 9.86. The molecule has 1 saturated carbocycles. The highest BCUT2D eigenvalue weighted by atomic mass is 19.1. The zero-order valence-corrected chi connectivity index (χ0v) is 10.4. The van der Waals surface area contributed by atoms with Crippen LogP contribution in [0.3, 0.4) is 0 Å². The second kappa shape index (κ2) is 5.38. The first-order chi connectivity index (χ1) is 8.56. The van der Waals surface area contributed by atoms with Crippen molar-refractivity contribution in [1.82, 2.24) is 0 Å². The molecule has 0 amide bonds. The van der Waals surface area contributed by atoms with Crippen LogP contribution in [-0.4, -0.2) is 17.1 Å². The van der Waals surface area contributed by atoms with E-state index in [2.05, 4.69) is 5.32 Å². The van der Waals surface area contributed by atoms with E-state index in [4.69, 9.17) is 5.11 Å². The highest BCUT2D eigenvalue weighted by Crippen LogP contribution is 2.27. The van der Waals surface area contributed by atoms with Crippen LogP contribution in [0.4, 0.5) is 10.1 Å². The number of hydrogen-bond donors (Lipinski definition) is 2. The molecule has 0 unspecified atom stereocenters. The number of aryl methyl sites for hydroxylation is 1. The Bertz CT molecular complexity index is 439. The van der Waals surface area contributed by atoms with E-state index >= 15 is 0 Å². The van der Waals surface area contributed by atoms with Gasteiger partial charge in [-0.3, -0.25) is 4.79 Å². The van der Waals surface area contributed by atoms with Gasteiger partial charge in [-0.15, -0.1) is 0 Å². The normalized spacial score (nSPS) is 23.7. The number of hydrogen-bond acceptors (Lipinski definition) is 2. The van der Waals surface area contributed by atoms with Gasteiger partial charge in [-0.25, -0.2) is 4.39 Å². The molecule has 1 aliphatic carbocycles. The molecule has 0 heterocycles. The van der Waals surface area contributed by atoms with E-state index in [1.807, 2.05) is 6.92 Å². The van der Waals surface area contributed by atoms with E-state index in [9.17, 15) is 9.18 Å². The lowest BCUT2D eigenvalue weighted by molar-refractivity contribution is -0.142. The van der Waals surface area contributed by atoms with Crippen molar-refractivity contribution in [1.29, 1.82) is 0 Å². The summed E-state index contributed by atoms with van der Waals surface area (Å²) in [7, 11) is 0. The number of rotatable bonds is 3. The minimum atomic E-state index is -0.689. The Morgan fingerprint density at radius 2 is 2.00 bits per heavy atom. The number of benzene rings is 1. The monoisotopic (exact) mass is 251 g/mol. The largest absolute Gasteiger partial charge is 0.481 e. The van der Waals surface area contributed by atoms with E-state index in [1.54, 1.807) is 6.07 Å². The fourth-order valence-electron chi connectivity index (χ4n) is 2.49. The van der Waals surface area contributed by atoms with Gasteiger partial charge in [0.2, 0.25) is 0 Å². The molecule has 0 aromatic heterocycles. The van der Waals surface area contributed by atoms with Gasteiger partial charge in [0.15, 0.2) is 0 Å². The molecular weight excluding hydrogens is 233 g/mol. The maximum absolute atomic E-state index is 13.0. The van der Waals surface area contributed by atoms with Gasteiger partial charge in [0.25, 0.3) is 0 Å². The van der Waals surface area contributed by atoms with Crippen LogP contribution in [0.25, 0.3) is 0 Å². The van der Waals surface area contributed by atoms with Gasteiger partial charge in [-0.2, -0.15) is 0 Å². The van der Waals surface area contributed by atoms with Crippen LogP contribution in [0.15, 0.2) is 18.2 Å². The third-order valence-corrected chi connectivity index (χ3v) is 3.62. The van der Waals surface area contributed by atoms with Crippen molar-refractivity contribution in [3.05, 3.63) is 29.6 Å². The summed E-state index contributed by atoms with van der Waals surface area (Å²) in [5, 5.41) is 12.3. The van der Waals surface area contributed by atoms with Crippen LogP contribution >= 0.6 is 0 Å². The molecule has 0 saturated heterocycles. The Morgan fingerprint density at radius 1 is 1.33 bits per heavy atom. The van der Waals surface area contributed by atoms with Crippen LogP contribution in [0, 0.1) is 18.7 Å². The van der Waals surface area contributed by atoms with E-state index in [0.717, 1.165) is 24.1 Å². The van der Waals surface area contributed by atoms with Gasteiger partial charge in [-0.1, -0.05) is 0 Å². The Hall–Kier alpha value is -1.58. The number of anilines is 1. The first-order valence-electron chi connectivity index (χ1n) is 6.32. The molecule has 2 N–H and O–H groups in total. The standard InChI is InChI=1S/C14H18FNO2/c1-9-8-11(15)4-7-13(9)16-12-5-2-10(3-6-12)14(17)18/h4,7-8,10,12,16H,2-3,5-6H2,1H3,(H,17,18). The molecule has 3 nitrogen and oxygen atoms in total. The Labute approximate surface area is 106 Å². The lowest BCUT2D eigenvalue weighted by Crippen LogP contribution is -2.29. The maximum atomic E-state index is 13.0. The molecule has 1 aliphatic rings. The summed E-state index contributed by atoms with van der Waals surface area (Å²) in [6.07, 6.45) is 3.14. The average Bonchev–Trinajstić information content (AvgIpc) is 2.33. The molecule has 1 fully saturated rings. The number of carboxylic acids is 1. The molecule has 0 radical (unpaired) electrons. The maximum Gasteiger partial charge on any atom is 0.306 e. The molecule has 1 aromatic carbocycles. The average molecular weight is 251 g/mol. The summed E-state index contributed by atoms with van der Waals surface area (Å²) in [6, 6.07) is 4.99. The van der Waals surface area contributed by atoms with Crippen LogP contribution in [0.5, 0.6) is 0 Å². The molecule has 0 atom stereocenters. The third-order valence-electron chi connectivity index (χ3n) is 3.62. The van der Waals surface area contributed by atoms with Crippen molar-refractivity contribution in [2.24, 2.45) is 5.92 Å². The second-order valence-electron chi connectivity index (χ2n) is 4.99. The van der Waals surface area contributed by atoms with Crippen LogP contribution in [-0.2, 0) is 4.79 Å². The van der Waals surface area contributed by atoms with Crippen molar-refractivity contribution >= 4 is 11.7 Å². The molecule has 2 rings (SSSR count). The SMILES string of the molecule is Cc1cc(F)ccc1NC1CCC(C(=O)O)CC1.